The molecule has 0 N–H and O–H groups in total. The number of rotatable bonds is 3. The number of esters is 1. The molecule has 1 saturated heterocycles. The van der Waals surface area contributed by atoms with E-state index >= 15 is 0 Å². The van der Waals surface area contributed by atoms with E-state index in [1.165, 1.54) is 0 Å². The van der Waals surface area contributed by atoms with Crippen LogP contribution in [-0.4, -0.2) is 42.3 Å². The average Bonchev–Trinajstić information content (AvgIpc) is 2.52. The fourth-order valence-electron chi connectivity index (χ4n) is 2.33. The topological polar surface area (TPSA) is 55.8 Å². The van der Waals surface area contributed by atoms with Gasteiger partial charge in [-0.25, -0.2) is 4.79 Å². The number of hydrogen-bond donors (Lipinski definition) is 0. The maximum absolute atomic E-state index is 12.0. The van der Waals surface area contributed by atoms with Crippen LogP contribution in [0.4, 0.5) is 4.79 Å². The van der Waals surface area contributed by atoms with Crippen molar-refractivity contribution in [3.05, 3.63) is 0 Å². The molecular weight excluding hydrogens is 258 g/mol. The summed E-state index contributed by atoms with van der Waals surface area (Å²) in [7, 11) is 0. The first kappa shape index (κ1) is 16.8. The third-order valence-corrected chi connectivity index (χ3v) is 3.26. The molecule has 5 nitrogen and oxygen atoms in total. The van der Waals surface area contributed by atoms with Crippen LogP contribution in [-0.2, 0) is 14.3 Å². The van der Waals surface area contributed by atoms with E-state index in [2.05, 4.69) is 0 Å². The number of carbonyl (C=O) groups excluding carboxylic acids is 2. The Labute approximate surface area is 121 Å². The molecule has 5 heteroatoms. The number of nitrogens with zero attached hydrogens (tertiary/aromatic N) is 1. The molecule has 0 saturated carbocycles. The van der Waals surface area contributed by atoms with E-state index in [0.29, 0.717) is 32.0 Å². The normalized spacial score (nSPS) is 20.2. The smallest absolute Gasteiger partial charge is 0.410 e. The van der Waals surface area contributed by atoms with Crippen molar-refractivity contribution in [3.63, 3.8) is 0 Å². The average molecular weight is 285 g/mol. The highest BCUT2D eigenvalue weighted by atomic mass is 16.6. The van der Waals surface area contributed by atoms with Crippen LogP contribution in [0.1, 0.15) is 53.4 Å². The highest BCUT2D eigenvalue weighted by Gasteiger charge is 2.26. The van der Waals surface area contributed by atoms with Crippen LogP contribution in [0.3, 0.4) is 0 Å². The van der Waals surface area contributed by atoms with Gasteiger partial charge in [0, 0.05) is 19.5 Å². The molecule has 0 radical (unpaired) electrons. The second-order valence-electron chi connectivity index (χ2n) is 6.27. The Kier molecular flexibility index (Phi) is 6.30. The fourth-order valence-corrected chi connectivity index (χ4v) is 2.33. The van der Waals surface area contributed by atoms with Crippen LogP contribution in [0, 0.1) is 5.92 Å². The highest BCUT2D eigenvalue weighted by Crippen LogP contribution is 2.22. The molecule has 0 aromatic carbocycles. The molecule has 1 atom stereocenters. The van der Waals surface area contributed by atoms with Crippen molar-refractivity contribution >= 4 is 12.1 Å². The third-order valence-electron chi connectivity index (χ3n) is 3.26. The van der Waals surface area contributed by atoms with Crippen LogP contribution in [0.2, 0.25) is 0 Å². The fraction of sp³-hybridized carbons (Fsp3) is 0.867. The first-order valence-corrected chi connectivity index (χ1v) is 7.45. The first-order chi connectivity index (χ1) is 9.31. The summed E-state index contributed by atoms with van der Waals surface area (Å²) in [6, 6.07) is 0. The molecule has 1 aliphatic rings. The summed E-state index contributed by atoms with van der Waals surface area (Å²) in [6.07, 6.45) is 2.89. The molecule has 1 rings (SSSR count). The number of carbonyl (C=O) groups is 2. The van der Waals surface area contributed by atoms with E-state index in [9.17, 15) is 9.59 Å². The van der Waals surface area contributed by atoms with Gasteiger partial charge in [0.15, 0.2) is 0 Å². The Morgan fingerprint density at radius 3 is 2.50 bits per heavy atom. The minimum Gasteiger partial charge on any atom is -0.466 e. The van der Waals surface area contributed by atoms with Gasteiger partial charge < -0.3 is 14.4 Å². The summed E-state index contributed by atoms with van der Waals surface area (Å²) >= 11 is 0. The second kappa shape index (κ2) is 7.50. The van der Waals surface area contributed by atoms with Gasteiger partial charge in [0.1, 0.15) is 5.60 Å². The van der Waals surface area contributed by atoms with Crippen molar-refractivity contribution in [3.8, 4) is 0 Å². The molecule has 1 heterocycles. The molecule has 1 aliphatic heterocycles. The quantitative estimate of drug-likeness (QED) is 0.748. The van der Waals surface area contributed by atoms with Gasteiger partial charge in [-0.1, -0.05) is 0 Å². The monoisotopic (exact) mass is 285 g/mol. The molecule has 0 aromatic heterocycles. The Hall–Kier alpha value is -1.26. The van der Waals surface area contributed by atoms with Crippen molar-refractivity contribution in [2.24, 2.45) is 5.92 Å². The van der Waals surface area contributed by atoms with Gasteiger partial charge in [-0.3, -0.25) is 4.79 Å². The van der Waals surface area contributed by atoms with Gasteiger partial charge in [-0.15, -0.1) is 0 Å². The zero-order valence-electron chi connectivity index (χ0n) is 13.1. The molecule has 1 amide bonds. The van der Waals surface area contributed by atoms with Crippen molar-refractivity contribution in [2.45, 2.75) is 59.0 Å². The Morgan fingerprint density at radius 1 is 1.20 bits per heavy atom. The van der Waals surface area contributed by atoms with Crippen molar-refractivity contribution in [1.29, 1.82) is 0 Å². The van der Waals surface area contributed by atoms with Crippen LogP contribution in [0.25, 0.3) is 0 Å². The molecule has 0 bridgehead atoms. The van der Waals surface area contributed by atoms with Crippen LogP contribution < -0.4 is 0 Å². The Morgan fingerprint density at radius 2 is 1.90 bits per heavy atom. The van der Waals surface area contributed by atoms with E-state index in [1.807, 2.05) is 27.7 Å². The number of amides is 1. The van der Waals surface area contributed by atoms with Crippen molar-refractivity contribution in [1.82, 2.24) is 4.90 Å². The van der Waals surface area contributed by atoms with Crippen LogP contribution in [0.15, 0.2) is 0 Å². The lowest BCUT2D eigenvalue weighted by molar-refractivity contribution is -0.144. The molecule has 1 fully saturated rings. The zero-order valence-corrected chi connectivity index (χ0v) is 13.1. The van der Waals surface area contributed by atoms with Gasteiger partial charge in [0.2, 0.25) is 0 Å². The summed E-state index contributed by atoms with van der Waals surface area (Å²) in [5, 5.41) is 0. The molecule has 0 spiro atoms. The van der Waals surface area contributed by atoms with E-state index in [-0.39, 0.29) is 12.1 Å². The third kappa shape index (κ3) is 6.26. The lowest BCUT2D eigenvalue weighted by Crippen LogP contribution is -2.37. The largest absolute Gasteiger partial charge is 0.466 e. The van der Waals surface area contributed by atoms with Crippen molar-refractivity contribution in [2.75, 3.05) is 19.7 Å². The second-order valence-corrected chi connectivity index (χ2v) is 6.27. The van der Waals surface area contributed by atoms with E-state index in [4.69, 9.17) is 9.47 Å². The van der Waals surface area contributed by atoms with E-state index < -0.39 is 5.60 Å². The SMILES string of the molecule is CCOC(=O)C[C@@H]1CCCN(C(=O)OC(C)(C)C)CC1. The predicted molar refractivity (Wildman–Crippen MR) is 76.4 cm³/mol. The molecule has 20 heavy (non-hydrogen) atoms. The number of likely N-dealkylation sites (tertiary alicyclic amines) is 1. The minimum atomic E-state index is -0.465. The van der Waals surface area contributed by atoms with E-state index in [0.717, 1.165) is 19.3 Å². The predicted octanol–water partition coefficient (Wildman–Crippen LogP) is 2.98. The number of hydrogen-bond acceptors (Lipinski definition) is 4. The van der Waals surface area contributed by atoms with Crippen LogP contribution in [0.5, 0.6) is 0 Å². The lowest BCUT2D eigenvalue weighted by atomic mass is 9.97. The summed E-state index contributed by atoms with van der Waals surface area (Å²) in [6.45, 7) is 9.20. The summed E-state index contributed by atoms with van der Waals surface area (Å²) in [5.74, 6) is 0.171. The Balaban J connectivity index is 2.43. The van der Waals surface area contributed by atoms with E-state index in [1.54, 1.807) is 4.90 Å². The molecule has 0 aromatic rings. The standard InChI is InChI=1S/C15H27NO4/c1-5-19-13(17)11-12-7-6-9-16(10-8-12)14(18)20-15(2,3)4/h12H,5-11H2,1-4H3/t12-/m1/s1. The highest BCUT2D eigenvalue weighted by molar-refractivity contribution is 5.70. The van der Waals surface area contributed by atoms with Gasteiger partial charge >= 0.3 is 12.1 Å². The lowest BCUT2D eigenvalue weighted by Gasteiger charge is -2.26. The molecule has 0 unspecified atom stereocenters. The minimum absolute atomic E-state index is 0.136. The summed E-state index contributed by atoms with van der Waals surface area (Å²) in [4.78, 5) is 25.3. The van der Waals surface area contributed by atoms with Crippen molar-refractivity contribution < 1.29 is 19.1 Å². The van der Waals surface area contributed by atoms with Gasteiger partial charge in [-0.05, 0) is 52.9 Å². The molecule has 0 aliphatic carbocycles. The summed E-state index contributed by atoms with van der Waals surface area (Å²) in [5.41, 5.74) is -0.465. The maximum Gasteiger partial charge on any atom is 0.410 e. The molecule has 116 valence electrons. The van der Waals surface area contributed by atoms with Crippen LogP contribution >= 0.6 is 0 Å². The molecular formula is C15H27NO4. The van der Waals surface area contributed by atoms with Gasteiger partial charge in [-0.2, -0.15) is 0 Å². The first-order valence-electron chi connectivity index (χ1n) is 7.45. The van der Waals surface area contributed by atoms with Gasteiger partial charge in [0.05, 0.1) is 6.61 Å². The summed E-state index contributed by atoms with van der Waals surface area (Å²) < 4.78 is 10.4. The number of ether oxygens (including phenoxy) is 2. The van der Waals surface area contributed by atoms with Gasteiger partial charge in [0.25, 0.3) is 0 Å². The zero-order chi connectivity index (χ0) is 15.2. The Bertz CT molecular complexity index is 335. The maximum atomic E-state index is 12.0.